The number of amides is 3. The molecule has 3 aliphatic rings. The van der Waals surface area contributed by atoms with Crippen LogP contribution in [0.2, 0.25) is 0 Å². The number of Topliss-reactive ketones (excluding diaryl/α,β-unsaturated/α-hetero) is 1. The molecule has 5 atom stereocenters. The molecule has 1 saturated heterocycles. The van der Waals surface area contributed by atoms with Crippen LogP contribution in [-0.2, 0) is 14.4 Å². The summed E-state index contributed by atoms with van der Waals surface area (Å²) in [4.78, 5) is 59.0. The van der Waals surface area contributed by atoms with Gasteiger partial charge in [0.25, 0.3) is 0 Å². The van der Waals surface area contributed by atoms with Gasteiger partial charge in [-0.3, -0.25) is 19.2 Å². The monoisotopic (exact) mass is 620 g/mol. The van der Waals surface area contributed by atoms with Crippen molar-refractivity contribution in [1.82, 2.24) is 20.5 Å². The van der Waals surface area contributed by atoms with Gasteiger partial charge in [0, 0.05) is 35.4 Å². The van der Waals surface area contributed by atoms with E-state index in [4.69, 9.17) is 22.3 Å². The van der Waals surface area contributed by atoms with Gasteiger partial charge in [-0.1, -0.05) is 48.9 Å². The molecule has 0 spiro atoms. The highest BCUT2D eigenvalue weighted by molar-refractivity contribution is 6.57. The number of carbonyl (C=O) groups is 4. The predicted octanol–water partition coefficient (Wildman–Crippen LogP) is 4.10. The predicted molar refractivity (Wildman–Crippen MR) is 174 cm³/mol. The van der Waals surface area contributed by atoms with E-state index >= 15 is 0 Å². The second-order valence-corrected chi connectivity index (χ2v) is 12.3. The molecular weight excluding hydrogens is 583 g/mol. The van der Waals surface area contributed by atoms with Crippen molar-refractivity contribution in [3.63, 3.8) is 0 Å². The second kappa shape index (κ2) is 13.0. The van der Waals surface area contributed by atoms with E-state index in [2.05, 4.69) is 10.6 Å². The fourth-order valence-corrected chi connectivity index (χ4v) is 6.67. The molecule has 1 saturated carbocycles. The number of nitrogens with one attached hydrogen (secondary N) is 2. The van der Waals surface area contributed by atoms with E-state index in [0.29, 0.717) is 42.0 Å². The number of hydrogen-bond acceptors (Lipinski definition) is 7. The zero-order valence-corrected chi connectivity index (χ0v) is 26.0. The molecule has 46 heavy (non-hydrogen) atoms. The quantitative estimate of drug-likeness (QED) is 0.314. The molecule has 2 N–H and O–H groups in total. The minimum Gasteiger partial charge on any atom is -0.497 e. The minimum absolute atomic E-state index is 0.0876. The van der Waals surface area contributed by atoms with Gasteiger partial charge in [-0.15, -0.1) is 0 Å². The van der Waals surface area contributed by atoms with Crippen LogP contribution in [0.25, 0.3) is 22.2 Å². The van der Waals surface area contributed by atoms with Gasteiger partial charge in [-0.05, 0) is 44.7 Å². The maximum atomic E-state index is 14.0. The van der Waals surface area contributed by atoms with Gasteiger partial charge in [0.1, 0.15) is 35.2 Å². The van der Waals surface area contributed by atoms with E-state index in [0.717, 1.165) is 23.8 Å². The third kappa shape index (κ3) is 6.36. The summed E-state index contributed by atoms with van der Waals surface area (Å²) in [5, 5.41) is 6.34. The van der Waals surface area contributed by atoms with Crippen molar-refractivity contribution in [3.8, 4) is 22.8 Å². The number of carbonyl (C=O) groups excluding carboxylic acids is 4. The van der Waals surface area contributed by atoms with Crippen molar-refractivity contribution in [2.45, 2.75) is 69.2 Å². The van der Waals surface area contributed by atoms with Crippen molar-refractivity contribution in [3.05, 3.63) is 66.7 Å². The molecular formula is C35H37BN4O6. The SMILES string of the molecule is [B]C(=O)N[C@H]1CCCC/C=C/C2C[C@@]2(C(C)=O)NC(=O)[C@@H]2C[C@@H](Oc3cc(-c4ccccc4)nc4cc(OC)ccc34)CN2C1=O. The van der Waals surface area contributed by atoms with Gasteiger partial charge >= 0.3 is 0 Å². The van der Waals surface area contributed by atoms with Crippen LogP contribution in [0.1, 0.15) is 45.4 Å². The van der Waals surface area contributed by atoms with Gasteiger partial charge in [-0.2, -0.15) is 0 Å². The molecule has 2 radical (unpaired) electrons. The van der Waals surface area contributed by atoms with Crippen LogP contribution >= 0.6 is 0 Å². The lowest BCUT2D eigenvalue weighted by Crippen LogP contribution is -2.56. The summed E-state index contributed by atoms with van der Waals surface area (Å²) in [6.45, 7) is 1.59. The molecule has 2 fully saturated rings. The smallest absolute Gasteiger partial charge is 0.245 e. The molecule has 1 unspecified atom stereocenters. The van der Waals surface area contributed by atoms with Gasteiger partial charge in [-0.25, -0.2) is 4.98 Å². The van der Waals surface area contributed by atoms with E-state index < -0.39 is 41.3 Å². The molecule has 2 aromatic carbocycles. The number of allylic oxidation sites excluding steroid dienone is 1. The van der Waals surface area contributed by atoms with Crippen LogP contribution in [0.5, 0.6) is 11.5 Å². The lowest BCUT2D eigenvalue weighted by molar-refractivity contribution is -0.141. The van der Waals surface area contributed by atoms with Crippen LogP contribution < -0.4 is 20.1 Å². The Morgan fingerprint density at radius 3 is 2.65 bits per heavy atom. The van der Waals surface area contributed by atoms with E-state index in [1.165, 1.54) is 11.8 Å². The number of aromatic nitrogens is 1. The van der Waals surface area contributed by atoms with Crippen LogP contribution in [0, 0.1) is 5.92 Å². The first-order valence-electron chi connectivity index (χ1n) is 15.8. The van der Waals surface area contributed by atoms with Crippen molar-refractivity contribution in [2.24, 2.45) is 5.92 Å². The van der Waals surface area contributed by atoms with E-state index in [-0.39, 0.29) is 24.7 Å². The summed E-state index contributed by atoms with van der Waals surface area (Å²) in [5.74, 6) is -0.644. The Hall–Kier alpha value is -4.67. The van der Waals surface area contributed by atoms with E-state index in [1.807, 2.05) is 66.7 Å². The third-order valence-electron chi connectivity index (χ3n) is 9.28. The molecule has 2 aliphatic heterocycles. The first-order chi connectivity index (χ1) is 22.2. The second-order valence-electron chi connectivity index (χ2n) is 12.3. The Bertz CT molecular complexity index is 1700. The maximum Gasteiger partial charge on any atom is 0.245 e. The zero-order valence-electron chi connectivity index (χ0n) is 26.0. The van der Waals surface area contributed by atoms with Gasteiger partial charge in [0.2, 0.25) is 19.7 Å². The standard InChI is InChI=1S/C35H37BN4O6/c1-21(41)35-19-23(35)12-8-3-4-9-13-27(38-34(36)44)33(43)40-20-25(17-30(40)32(42)39-35)46-31-18-28(22-10-6-5-7-11-22)37-29-16-24(45-2)14-15-26(29)31/h5-8,10-12,14-16,18,23,25,27,30H,3-4,9,13,17,19-20H2,1-2H3,(H,38,44)(H,39,42)/b12-8+/t23?,25-,27+,30+,35+/m1/s1. The third-order valence-corrected chi connectivity index (χ3v) is 9.28. The highest BCUT2D eigenvalue weighted by atomic mass is 16.5. The van der Waals surface area contributed by atoms with Gasteiger partial charge < -0.3 is 25.0 Å². The number of benzene rings is 2. The number of nitrogens with zero attached hydrogens (tertiary/aromatic N) is 2. The summed E-state index contributed by atoms with van der Waals surface area (Å²) < 4.78 is 12.1. The number of ketones is 1. The van der Waals surface area contributed by atoms with Crippen molar-refractivity contribution >= 4 is 42.2 Å². The van der Waals surface area contributed by atoms with Crippen LogP contribution in [0.15, 0.2) is 66.7 Å². The lowest BCUT2D eigenvalue weighted by Gasteiger charge is -2.29. The first kappa shape index (κ1) is 31.3. The summed E-state index contributed by atoms with van der Waals surface area (Å²) in [7, 11) is 7.06. The maximum absolute atomic E-state index is 14.0. The Labute approximate surface area is 269 Å². The summed E-state index contributed by atoms with van der Waals surface area (Å²) in [6.07, 6.45) is 6.78. The van der Waals surface area contributed by atoms with Crippen molar-refractivity contribution in [1.29, 1.82) is 0 Å². The van der Waals surface area contributed by atoms with Crippen molar-refractivity contribution < 1.29 is 28.7 Å². The van der Waals surface area contributed by atoms with Crippen LogP contribution in [0.4, 0.5) is 4.79 Å². The number of fused-ring (bicyclic) bond motifs is 3. The summed E-state index contributed by atoms with van der Waals surface area (Å²) in [5.41, 5.74) is 1.28. The Balaban J connectivity index is 1.35. The fraction of sp³-hybridized carbons (Fsp3) is 0.400. The topological polar surface area (TPSA) is 127 Å². The van der Waals surface area contributed by atoms with Crippen LogP contribution in [0.3, 0.4) is 0 Å². The van der Waals surface area contributed by atoms with Crippen molar-refractivity contribution in [2.75, 3.05) is 13.7 Å². The number of pyridine rings is 1. The fourth-order valence-electron chi connectivity index (χ4n) is 6.67. The average molecular weight is 621 g/mol. The molecule has 3 aromatic rings. The number of ether oxygens (including phenoxy) is 2. The molecule has 6 rings (SSSR count). The number of hydrogen-bond donors (Lipinski definition) is 2. The normalized spacial score (nSPS) is 27.0. The Morgan fingerprint density at radius 1 is 1.11 bits per heavy atom. The lowest BCUT2D eigenvalue weighted by atomic mass is 10.0. The van der Waals surface area contributed by atoms with Gasteiger partial charge in [0.15, 0.2) is 11.6 Å². The number of rotatable bonds is 6. The number of methoxy groups -OCH3 is 1. The first-order valence-corrected chi connectivity index (χ1v) is 15.8. The average Bonchev–Trinajstić information content (AvgIpc) is 3.58. The van der Waals surface area contributed by atoms with Gasteiger partial charge in [0.05, 0.1) is 24.9 Å². The molecule has 11 heteroatoms. The molecule has 0 bridgehead atoms. The largest absolute Gasteiger partial charge is 0.497 e. The Morgan fingerprint density at radius 2 is 1.91 bits per heavy atom. The van der Waals surface area contributed by atoms with E-state index in [9.17, 15) is 19.2 Å². The molecule has 236 valence electrons. The zero-order chi connectivity index (χ0) is 32.4. The summed E-state index contributed by atoms with van der Waals surface area (Å²) in [6, 6.07) is 15.3. The highest BCUT2D eigenvalue weighted by Gasteiger charge is 2.59. The van der Waals surface area contributed by atoms with Crippen LogP contribution in [-0.4, -0.2) is 78.5 Å². The Kier molecular flexibility index (Phi) is 8.84. The molecule has 1 aliphatic carbocycles. The molecule has 1 aromatic heterocycles. The summed E-state index contributed by atoms with van der Waals surface area (Å²) >= 11 is 0. The highest BCUT2D eigenvalue weighted by Crippen LogP contribution is 2.46. The molecule has 3 heterocycles. The molecule has 3 amide bonds. The van der Waals surface area contributed by atoms with E-state index in [1.54, 1.807) is 7.11 Å². The molecule has 10 nitrogen and oxygen atoms in total. The minimum atomic E-state index is -0.985.